The van der Waals surface area contributed by atoms with Crippen LogP contribution in [-0.2, 0) is 22.4 Å². The van der Waals surface area contributed by atoms with Gasteiger partial charge in [0, 0.05) is 12.5 Å². The first-order valence-electron chi connectivity index (χ1n) is 11.6. The molecule has 1 aromatic carbocycles. The Morgan fingerprint density at radius 1 is 1.10 bits per heavy atom. The highest BCUT2D eigenvalue weighted by molar-refractivity contribution is 6.04. The van der Waals surface area contributed by atoms with Crippen LogP contribution >= 0.6 is 0 Å². The van der Waals surface area contributed by atoms with E-state index < -0.39 is 6.04 Å². The fraction of sp³-hybridized carbons (Fsp3) is 0.625. The van der Waals surface area contributed by atoms with Gasteiger partial charge < -0.3 is 10.6 Å². The highest BCUT2D eigenvalue weighted by atomic mass is 16.2. The van der Waals surface area contributed by atoms with Gasteiger partial charge in [-0.1, -0.05) is 37.5 Å². The number of rotatable bonds is 6. The van der Waals surface area contributed by atoms with E-state index in [0.717, 1.165) is 44.1 Å². The van der Waals surface area contributed by atoms with Crippen LogP contribution in [0.3, 0.4) is 0 Å². The van der Waals surface area contributed by atoms with Crippen LogP contribution in [0.25, 0.3) is 0 Å². The van der Waals surface area contributed by atoms with Crippen LogP contribution in [0.1, 0.15) is 87.4 Å². The fourth-order valence-corrected chi connectivity index (χ4v) is 5.12. The van der Waals surface area contributed by atoms with Gasteiger partial charge >= 0.3 is 6.03 Å². The van der Waals surface area contributed by atoms with Crippen molar-refractivity contribution in [2.45, 2.75) is 95.7 Å². The van der Waals surface area contributed by atoms with Crippen molar-refractivity contribution in [2.75, 3.05) is 0 Å². The van der Waals surface area contributed by atoms with E-state index in [-0.39, 0.29) is 36.3 Å². The number of carbonyl (C=O) groups excluding carboxylic acids is 3. The quantitative estimate of drug-likeness (QED) is 0.700. The van der Waals surface area contributed by atoms with Gasteiger partial charge in [-0.25, -0.2) is 4.79 Å². The zero-order valence-corrected chi connectivity index (χ0v) is 17.9. The van der Waals surface area contributed by atoms with E-state index in [9.17, 15) is 14.4 Å². The zero-order chi connectivity index (χ0) is 21.1. The maximum absolute atomic E-state index is 12.7. The second-order valence-corrected chi connectivity index (χ2v) is 9.07. The van der Waals surface area contributed by atoms with Crippen LogP contribution in [0.4, 0.5) is 4.79 Å². The third-order valence-corrected chi connectivity index (χ3v) is 6.90. The van der Waals surface area contributed by atoms with E-state index in [1.54, 1.807) is 0 Å². The molecule has 30 heavy (non-hydrogen) atoms. The minimum Gasteiger partial charge on any atom is -0.350 e. The number of nitrogens with one attached hydrogen (secondary N) is 2. The van der Waals surface area contributed by atoms with Crippen LogP contribution in [0.5, 0.6) is 0 Å². The first-order chi connectivity index (χ1) is 14.5. The minimum atomic E-state index is -0.579. The summed E-state index contributed by atoms with van der Waals surface area (Å²) >= 11 is 0. The Morgan fingerprint density at radius 3 is 2.60 bits per heavy atom. The van der Waals surface area contributed by atoms with Gasteiger partial charge in [-0.2, -0.15) is 0 Å². The summed E-state index contributed by atoms with van der Waals surface area (Å²) in [5.41, 5.74) is 3.96. The van der Waals surface area contributed by atoms with E-state index >= 15 is 0 Å². The molecule has 2 fully saturated rings. The summed E-state index contributed by atoms with van der Waals surface area (Å²) in [6, 6.07) is 5.61. The van der Waals surface area contributed by atoms with Crippen molar-refractivity contribution in [3.05, 3.63) is 34.9 Å². The maximum Gasteiger partial charge on any atom is 0.325 e. The molecule has 4 amide bonds. The van der Waals surface area contributed by atoms with Crippen molar-refractivity contribution in [3.63, 3.8) is 0 Å². The smallest absolute Gasteiger partial charge is 0.325 e. The molecule has 4 rings (SSSR count). The van der Waals surface area contributed by atoms with Crippen LogP contribution in [-0.4, -0.2) is 34.8 Å². The maximum atomic E-state index is 12.7. The molecular formula is C24H33N3O3. The highest BCUT2D eigenvalue weighted by Gasteiger charge is 2.42. The number of amides is 4. The number of imide groups is 1. The average Bonchev–Trinajstić information content (AvgIpc) is 3.05. The Morgan fingerprint density at radius 2 is 1.83 bits per heavy atom. The lowest BCUT2D eigenvalue weighted by Gasteiger charge is -2.28. The number of nitrogens with zero attached hydrogens (tertiary/aromatic N) is 1. The van der Waals surface area contributed by atoms with Gasteiger partial charge in [0.2, 0.25) is 5.91 Å². The molecule has 0 aromatic heterocycles. The van der Waals surface area contributed by atoms with Gasteiger partial charge in [0.1, 0.15) is 6.04 Å². The van der Waals surface area contributed by atoms with Gasteiger partial charge in [-0.15, -0.1) is 0 Å². The number of carbonyl (C=O) groups is 3. The van der Waals surface area contributed by atoms with Crippen LogP contribution in [0.15, 0.2) is 18.2 Å². The van der Waals surface area contributed by atoms with Gasteiger partial charge in [0.15, 0.2) is 0 Å². The van der Waals surface area contributed by atoms with Crippen molar-refractivity contribution < 1.29 is 14.4 Å². The molecule has 1 saturated carbocycles. The molecule has 0 radical (unpaired) electrons. The molecule has 1 heterocycles. The van der Waals surface area contributed by atoms with Crippen molar-refractivity contribution >= 4 is 17.8 Å². The lowest BCUT2D eigenvalue weighted by atomic mass is 9.89. The molecule has 162 valence electrons. The van der Waals surface area contributed by atoms with Crippen molar-refractivity contribution in [1.29, 1.82) is 0 Å². The number of aryl methyl sites for hydroxylation is 2. The number of hydrogen-bond donors (Lipinski definition) is 2. The molecule has 3 aliphatic rings. The van der Waals surface area contributed by atoms with Crippen LogP contribution < -0.4 is 10.6 Å². The zero-order valence-electron chi connectivity index (χ0n) is 17.9. The van der Waals surface area contributed by atoms with Crippen molar-refractivity contribution in [1.82, 2.24) is 15.5 Å². The Kier molecular flexibility index (Phi) is 6.40. The molecule has 1 saturated heterocycles. The number of fused-ring (bicyclic) bond motifs is 1. The Hall–Kier alpha value is -2.37. The largest absolute Gasteiger partial charge is 0.350 e. The summed E-state index contributed by atoms with van der Waals surface area (Å²) in [5.74, 6) is -0.249. The molecule has 6 heteroatoms. The molecule has 1 aromatic rings. The number of benzene rings is 1. The normalized spacial score (nSPS) is 23.1. The van der Waals surface area contributed by atoms with E-state index in [0.29, 0.717) is 6.42 Å². The van der Waals surface area contributed by atoms with Gasteiger partial charge in [-0.05, 0) is 68.6 Å². The second-order valence-electron chi connectivity index (χ2n) is 9.07. The Labute approximate surface area is 178 Å². The third kappa shape index (κ3) is 4.52. The summed E-state index contributed by atoms with van der Waals surface area (Å²) < 4.78 is 0. The molecule has 0 spiro atoms. The number of hydrogen-bond acceptors (Lipinski definition) is 3. The predicted octanol–water partition coefficient (Wildman–Crippen LogP) is 3.78. The van der Waals surface area contributed by atoms with E-state index in [1.807, 2.05) is 6.92 Å². The summed E-state index contributed by atoms with van der Waals surface area (Å²) in [7, 11) is 0. The summed E-state index contributed by atoms with van der Waals surface area (Å²) in [6.45, 7) is 2.00. The highest BCUT2D eigenvalue weighted by Crippen LogP contribution is 2.27. The summed E-state index contributed by atoms with van der Waals surface area (Å²) in [4.78, 5) is 38.9. The summed E-state index contributed by atoms with van der Waals surface area (Å²) in [5, 5.41) is 5.83. The van der Waals surface area contributed by atoms with Crippen LogP contribution in [0, 0.1) is 0 Å². The second kappa shape index (κ2) is 9.19. The first kappa shape index (κ1) is 20.9. The standard InChI is InChI=1S/C24H33N3O3/c1-16(18-12-11-17-7-5-6-8-19(17)15-18)25-22(28)14-13-21-23(29)27(24(30)26-21)20-9-3-2-4-10-20/h11-12,15-16,20-21H,2-10,13-14H2,1H3,(H,25,28)(H,26,30)/t16-,21+/m0/s1. The molecule has 6 nitrogen and oxygen atoms in total. The molecule has 2 N–H and O–H groups in total. The van der Waals surface area contributed by atoms with Gasteiger partial charge in [0.05, 0.1) is 6.04 Å². The number of urea groups is 1. The molecule has 2 aliphatic carbocycles. The average molecular weight is 412 g/mol. The van der Waals surface area contributed by atoms with Crippen LogP contribution in [0.2, 0.25) is 0 Å². The summed E-state index contributed by atoms with van der Waals surface area (Å²) in [6.07, 6.45) is 10.4. The minimum absolute atomic E-state index is 0.0223. The SMILES string of the molecule is C[C@H](NC(=O)CC[C@H]1NC(=O)N(C2CCCCC2)C1=O)c1ccc2c(c1)CCCC2. The topological polar surface area (TPSA) is 78.5 Å². The van der Waals surface area contributed by atoms with E-state index in [1.165, 1.54) is 35.3 Å². The molecule has 1 aliphatic heterocycles. The monoisotopic (exact) mass is 411 g/mol. The fourth-order valence-electron chi connectivity index (χ4n) is 5.12. The van der Waals surface area contributed by atoms with E-state index in [4.69, 9.17) is 0 Å². The van der Waals surface area contributed by atoms with Crippen molar-refractivity contribution in [2.24, 2.45) is 0 Å². The van der Waals surface area contributed by atoms with Gasteiger partial charge in [0.25, 0.3) is 5.91 Å². The molecular weight excluding hydrogens is 378 g/mol. The third-order valence-electron chi connectivity index (χ3n) is 6.90. The molecule has 0 bridgehead atoms. The Bertz CT molecular complexity index is 816. The lowest BCUT2D eigenvalue weighted by molar-refractivity contribution is -0.129. The van der Waals surface area contributed by atoms with Gasteiger partial charge in [-0.3, -0.25) is 14.5 Å². The van der Waals surface area contributed by atoms with E-state index in [2.05, 4.69) is 28.8 Å². The first-order valence-corrected chi connectivity index (χ1v) is 11.6. The molecule has 2 atom stereocenters. The lowest BCUT2D eigenvalue weighted by Crippen LogP contribution is -2.42. The van der Waals surface area contributed by atoms with Crippen molar-refractivity contribution in [3.8, 4) is 0 Å². The molecule has 0 unspecified atom stereocenters. The Balaban J connectivity index is 1.28. The predicted molar refractivity (Wildman–Crippen MR) is 115 cm³/mol.